The lowest BCUT2D eigenvalue weighted by Crippen LogP contribution is -2.34. The number of amides is 1. The van der Waals surface area contributed by atoms with Crippen LogP contribution in [0.4, 0.5) is 5.69 Å². The fourth-order valence-corrected chi connectivity index (χ4v) is 1.57. The molecule has 2 atom stereocenters. The van der Waals surface area contributed by atoms with Gasteiger partial charge < -0.3 is 10.4 Å². The first-order valence-electron chi connectivity index (χ1n) is 4.39. The molecule has 0 aliphatic rings. The third-order valence-corrected chi connectivity index (χ3v) is 4.36. The fraction of sp³-hybridized carbons (Fsp3) is 0.200. The van der Waals surface area contributed by atoms with Crippen LogP contribution in [0.2, 0.25) is 0 Å². The van der Waals surface area contributed by atoms with Crippen molar-refractivity contribution in [3.05, 3.63) is 30.3 Å². The molecule has 0 fully saturated rings. The molecule has 0 unspecified atom stereocenters. The first kappa shape index (κ1) is 13.2. The van der Waals surface area contributed by atoms with Crippen LogP contribution in [0.1, 0.15) is 0 Å². The van der Waals surface area contributed by atoms with E-state index in [4.69, 9.17) is 5.11 Å². The molecule has 1 rings (SSSR count). The molecule has 0 saturated heterocycles. The molecule has 86 valence electrons. The van der Waals surface area contributed by atoms with Gasteiger partial charge in [-0.1, -0.05) is 50.1 Å². The number of rotatable bonds is 4. The predicted octanol–water partition coefficient (Wildman–Crippen LogP) is 2.24. The van der Waals surface area contributed by atoms with Gasteiger partial charge in [0.25, 0.3) is 0 Å². The molecule has 0 aliphatic carbocycles. The number of para-hydroxylation sites is 1. The molecular weight excluding hydrogens is 342 g/mol. The molecule has 0 aromatic heterocycles. The summed E-state index contributed by atoms with van der Waals surface area (Å²) in [4.78, 5) is 20.5. The van der Waals surface area contributed by atoms with Crippen molar-refractivity contribution in [1.82, 2.24) is 0 Å². The summed E-state index contributed by atoms with van der Waals surface area (Å²) in [5.74, 6) is -1.50. The Bertz CT molecular complexity index is 383. The molecule has 0 aliphatic heterocycles. The molecule has 1 aromatic carbocycles. The van der Waals surface area contributed by atoms with Gasteiger partial charge >= 0.3 is 5.97 Å². The fourth-order valence-electron chi connectivity index (χ4n) is 0.991. The normalized spacial score (nSPS) is 13.9. The zero-order chi connectivity index (χ0) is 12.1. The molecule has 1 amide bonds. The highest BCUT2D eigenvalue weighted by Gasteiger charge is 2.29. The van der Waals surface area contributed by atoms with E-state index < -0.39 is 21.5 Å². The minimum Gasteiger partial charge on any atom is -0.480 e. The maximum absolute atomic E-state index is 11.6. The second-order valence-corrected chi connectivity index (χ2v) is 4.97. The second kappa shape index (κ2) is 6.00. The highest BCUT2D eigenvalue weighted by molar-refractivity contribution is 9.12. The van der Waals surface area contributed by atoms with Crippen LogP contribution in [-0.4, -0.2) is 26.6 Å². The summed E-state index contributed by atoms with van der Waals surface area (Å²) < 4.78 is 0. The lowest BCUT2D eigenvalue weighted by molar-refractivity contribution is -0.137. The Morgan fingerprint density at radius 2 is 1.69 bits per heavy atom. The number of halogens is 2. The van der Waals surface area contributed by atoms with E-state index in [2.05, 4.69) is 37.2 Å². The predicted molar refractivity (Wildman–Crippen MR) is 68.1 cm³/mol. The van der Waals surface area contributed by atoms with Gasteiger partial charge in [0.2, 0.25) is 5.91 Å². The molecule has 4 nitrogen and oxygen atoms in total. The van der Waals surface area contributed by atoms with Crippen LogP contribution in [0.3, 0.4) is 0 Å². The molecule has 0 radical (unpaired) electrons. The molecule has 1 aromatic rings. The summed E-state index contributed by atoms with van der Waals surface area (Å²) in [7, 11) is 0. The van der Waals surface area contributed by atoms with Gasteiger partial charge in [0.1, 0.15) is 9.65 Å². The summed E-state index contributed by atoms with van der Waals surface area (Å²) in [6, 6.07) is 8.83. The van der Waals surface area contributed by atoms with Gasteiger partial charge in [-0.15, -0.1) is 0 Å². The van der Waals surface area contributed by atoms with E-state index >= 15 is 0 Å². The number of carbonyl (C=O) groups excluding carboxylic acids is 1. The molecule has 0 heterocycles. The SMILES string of the molecule is O=C(O)[C@@H](Br)[C@H](Br)C(=O)Nc1ccccc1. The highest BCUT2D eigenvalue weighted by Crippen LogP contribution is 2.17. The first-order chi connectivity index (χ1) is 7.52. The van der Waals surface area contributed by atoms with Crippen molar-refractivity contribution >= 4 is 49.4 Å². The number of carboxylic acids is 1. The van der Waals surface area contributed by atoms with E-state index in [1.54, 1.807) is 24.3 Å². The Morgan fingerprint density at radius 3 is 2.19 bits per heavy atom. The van der Waals surface area contributed by atoms with Crippen LogP contribution in [0.15, 0.2) is 30.3 Å². The van der Waals surface area contributed by atoms with Gasteiger partial charge in [-0.25, -0.2) is 0 Å². The Kier molecular flexibility index (Phi) is 4.95. The lowest BCUT2D eigenvalue weighted by atomic mass is 10.2. The Balaban J connectivity index is 2.63. The van der Waals surface area contributed by atoms with Crippen molar-refractivity contribution in [2.75, 3.05) is 5.32 Å². The number of carboxylic acid groups (broad SMARTS) is 1. The average molecular weight is 351 g/mol. The molecule has 0 saturated carbocycles. The van der Waals surface area contributed by atoms with Crippen LogP contribution >= 0.6 is 31.9 Å². The summed E-state index contributed by atoms with van der Waals surface area (Å²) in [6.45, 7) is 0. The monoisotopic (exact) mass is 349 g/mol. The van der Waals surface area contributed by atoms with Gasteiger partial charge in [0, 0.05) is 5.69 Å². The van der Waals surface area contributed by atoms with Crippen LogP contribution in [-0.2, 0) is 9.59 Å². The molecule has 2 N–H and O–H groups in total. The largest absolute Gasteiger partial charge is 0.480 e. The van der Waals surface area contributed by atoms with Gasteiger partial charge in [-0.2, -0.15) is 0 Å². The van der Waals surface area contributed by atoms with E-state index in [0.29, 0.717) is 5.69 Å². The minimum atomic E-state index is -1.09. The van der Waals surface area contributed by atoms with Crippen molar-refractivity contribution in [1.29, 1.82) is 0 Å². The topological polar surface area (TPSA) is 66.4 Å². The number of hydrogen-bond acceptors (Lipinski definition) is 2. The Morgan fingerprint density at radius 1 is 1.12 bits per heavy atom. The summed E-state index contributed by atoms with van der Waals surface area (Å²) in [5.41, 5.74) is 0.627. The van der Waals surface area contributed by atoms with E-state index in [-0.39, 0.29) is 0 Å². The standard InChI is InChI=1S/C10H9Br2NO3/c11-7(8(12)10(15)16)9(14)13-6-4-2-1-3-5-6/h1-5,7-8H,(H,13,14)(H,15,16)/t7-,8-/m0/s1. The smallest absolute Gasteiger partial charge is 0.318 e. The van der Waals surface area contributed by atoms with Crippen molar-refractivity contribution < 1.29 is 14.7 Å². The van der Waals surface area contributed by atoms with Gasteiger partial charge in [-0.05, 0) is 12.1 Å². The van der Waals surface area contributed by atoms with Crippen LogP contribution in [0, 0.1) is 0 Å². The quantitative estimate of drug-likeness (QED) is 0.818. The molecule has 0 bridgehead atoms. The maximum atomic E-state index is 11.6. The Hall–Kier alpha value is -0.880. The van der Waals surface area contributed by atoms with Gasteiger partial charge in [0.05, 0.1) is 0 Å². The number of carbonyl (C=O) groups is 2. The summed E-state index contributed by atoms with van der Waals surface area (Å²) in [6.07, 6.45) is 0. The van der Waals surface area contributed by atoms with Crippen LogP contribution < -0.4 is 5.32 Å². The van der Waals surface area contributed by atoms with E-state index in [1.807, 2.05) is 6.07 Å². The number of aliphatic carboxylic acids is 1. The van der Waals surface area contributed by atoms with E-state index in [1.165, 1.54) is 0 Å². The molecule has 16 heavy (non-hydrogen) atoms. The molecule has 0 spiro atoms. The third-order valence-electron chi connectivity index (χ3n) is 1.78. The van der Waals surface area contributed by atoms with Gasteiger partial charge in [0.15, 0.2) is 0 Å². The number of benzene rings is 1. The average Bonchev–Trinajstić information content (AvgIpc) is 2.28. The molecular formula is C10H9Br2NO3. The Labute approximate surface area is 109 Å². The lowest BCUT2D eigenvalue weighted by Gasteiger charge is -2.12. The zero-order valence-corrected chi connectivity index (χ0v) is 11.2. The number of nitrogens with one attached hydrogen (secondary N) is 1. The summed E-state index contributed by atoms with van der Waals surface area (Å²) in [5, 5.41) is 11.3. The van der Waals surface area contributed by atoms with E-state index in [9.17, 15) is 9.59 Å². The number of hydrogen-bond donors (Lipinski definition) is 2. The summed E-state index contributed by atoms with van der Waals surface area (Å²) >= 11 is 5.94. The number of anilines is 1. The van der Waals surface area contributed by atoms with Gasteiger partial charge in [-0.3, -0.25) is 9.59 Å². The van der Waals surface area contributed by atoms with Crippen molar-refractivity contribution in [2.45, 2.75) is 9.65 Å². The van der Waals surface area contributed by atoms with Crippen molar-refractivity contribution in [2.24, 2.45) is 0 Å². The van der Waals surface area contributed by atoms with Crippen molar-refractivity contribution in [3.8, 4) is 0 Å². The zero-order valence-electron chi connectivity index (χ0n) is 8.06. The van der Waals surface area contributed by atoms with Crippen LogP contribution in [0.25, 0.3) is 0 Å². The van der Waals surface area contributed by atoms with Crippen molar-refractivity contribution in [3.63, 3.8) is 0 Å². The highest BCUT2D eigenvalue weighted by atomic mass is 79.9. The van der Waals surface area contributed by atoms with Crippen LogP contribution in [0.5, 0.6) is 0 Å². The maximum Gasteiger partial charge on any atom is 0.318 e. The second-order valence-electron chi connectivity index (χ2n) is 3.00. The third kappa shape index (κ3) is 3.61. The van der Waals surface area contributed by atoms with E-state index in [0.717, 1.165) is 0 Å². The number of alkyl halides is 2. The molecule has 6 heteroatoms. The first-order valence-corrected chi connectivity index (χ1v) is 6.22. The minimum absolute atomic E-state index is 0.407.